The summed E-state index contributed by atoms with van der Waals surface area (Å²) < 4.78 is 13.2. The lowest BCUT2D eigenvalue weighted by molar-refractivity contribution is -0.128. The molecule has 0 bridgehead atoms. The predicted octanol–water partition coefficient (Wildman–Crippen LogP) is 3.71. The average molecular weight is 283 g/mol. The van der Waals surface area contributed by atoms with Crippen molar-refractivity contribution in [3.8, 4) is 0 Å². The number of rotatable bonds is 5. The lowest BCUT2D eigenvalue weighted by atomic mass is 10.2. The molecular weight excluding hydrogens is 261 g/mol. The molecule has 0 fully saturated rings. The van der Waals surface area contributed by atoms with Crippen molar-refractivity contribution in [2.24, 2.45) is 0 Å². The van der Waals surface area contributed by atoms with Gasteiger partial charge in [0.25, 0.3) is 0 Å². The van der Waals surface area contributed by atoms with Crippen molar-refractivity contribution in [1.82, 2.24) is 4.90 Å². The largest absolute Gasteiger partial charge is 0.338 e. The van der Waals surface area contributed by atoms with Crippen LogP contribution in [-0.2, 0) is 11.3 Å². The number of benzene rings is 1. The zero-order valence-corrected chi connectivity index (χ0v) is 12.9. The lowest BCUT2D eigenvalue weighted by Gasteiger charge is -2.23. The zero-order valence-electron chi connectivity index (χ0n) is 12.1. The Hall–Kier alpha value is -1.03. The standard InChI is InChI=1S/C15H22FNOS/c1-5-17(14(18)11-19-15(2,3)4)10-12-7-6-8-13(16)9-12/h6-9H,5,10-11H2,1-4H3. The van der Waals surface area contributed by atoms with Gasteiger partial charge in [0.05, 0.1) is 5.75 Å². The number of hydrogen-bond acceptors (Lipinski definition) is 2. The molecule has 106 valence electrons. The molecule has 0 aliphatic carbocycles. The van der Waals surface area contributed by atoms with Crippen molar-refractivity contribution in [3.63, 3.8) is 0 Å². The summed E-state index contributed by atoms with van der Waals surface area (Å²) in [5.41, 5.74) is 0.830. The highest BCUT2D eigenvalue weighted by atomic mass is 32.2. The van der Waals surface area contributed by atoms with Crippen molar-refractivity contribution in [2.45, 2.75) is 39.0 Å². The van der Waals surface area contributed by atoms with Gasteiger partial charge in [-0.05, 0) is 24.6 Å². The third-order valence-electron chi connectivity index (χ3n) is 2.63. The first-order valence-electron chi connectivity index (χ1n) is 6.48. The number of thioether (sulfide) groups is 1. The Morgan fingerprint density at radius 3 is 2.58 bits per heavy atom. The van der Waals surface area contributed by atoms with Gasteiger partial charge in [-0.15, -0.1) is 11.8 Å². The first kappa shape index (κ1) is 16.0. The van der Waals surface area contributed by atoms with Gasteiger partial charge in [0.2, 0.25) is 5.91 Å². The Morgan fingerprint density at radius 2 is 2.05 bits per heavy atom. The Labute approximate surface area is 119 Å². The number of halogens is 1. The van der Waals surface area contributed by atoms with E-state index in [0.29, 0.717) is 18.8 Å². The third kappa shape index (κ3) is 6.10. The highest BCUT2D eigenvalue weighted by molar-refractivity contribution is 8.01. The van der Waals surface area contributed by atoms with Crippen LogP contribution >= 0.6 is 11.8 Å². The first-order chi connectivity index (χ1) is 8.81. The first-order valence-corrected chi connectivity index (χ1v) is 7.46. The molecule has 4 heteroatoms. The van der Waals surface area contributed by atoms with Crippen LogP contribution in [0.4, 0.5) is 4.39 Å². The number of nitrogens with zero attached hydrogens (tertiary/aromatic N) is 1. The van der Waals surface area contributed by atoms with Gasteiger partial charge < -0.3 is 4.90 Å². The highest BCUT2D eigenvalue weighted by Gasteiger charge is 2.17. The lowest BCUT2D eigenvalue weighted by Crippen LogP contribution is -2.32. The van der Waals surface area contributed by atoms with Crippen LogP contribution in [0.1, 0.15) is 33.3 Å². The van der Waals surface area contributed by atoms with Crippen molar-refractivity contribution in [2.75, 3.05) is 12.3 Å². The molecule has 0 N–H and O–H groups in total. The van der Waals surface area contributed by atoms with E-state index in [0.717, 1.165) is 5.56 Å². The highest BCUT2D eigenvalue weighted by Crippen LogP contribution is 2.23. The van der Waals surface area contributed by atoms with Gasteiger partial charge >= 0.3 is 0 Å². The minimum Gasteiger partial charge on any atom is -0.338 e. The SMILES string of the molecule is CCN(Cc1cccc(F)c1)C(=O)CSC(C)(C)C. The fourth-order valence-corrected chi connectivity index (χ4v) is 2.34. The van der Waals surface area contributed by atoms with Crippen LogP contribution in [0.2, 0.25) is 0 Å². The summed E-state index contributed by atoms with van der Waals surface area (Å²) in [4.78, 5) is 13.9. The van der Waals surface area contributed by atoms with E-state index in [1.54, 1.807) is 22.7 Å². The molecule has 1 aromatic carbocycles. The van der Waals surface area contributed by atoms with Crippen LogP contribution in [0.25, 0.3) is 0 Å². The molecule has 0 aromatic heterocycles. The smallest absolute Gasteiger partial charge is 0.232 e. The van der Waals surface area contributed by atoms with E-state index in [1.165, 1.54) is 12.1 Å². The van der Waals surface area contributed by atoms with Gasteiger partial charge in [-0.3, -0.25) is 4.79 Å². The number of amides is 1. The maximum atomic E-state index is 13.1. The Bertz CT molecular complexity index is 428. The average Bonchev–Trinajstić information content (AvgIpc) is 2.32. The molecule has 1 rings (SSSR count). The van der Waals surface area contributed by atoms with Crippen LogP contribution < -0.4 is 0 Å². The van der Waals surface area contributed by atoms with Gasteiger partial charge in [0.1, 0.15) is 5.82 Å². The summed E-state index contributed by atoms with van der Waals surface area (Å²) >= 11 is 1.63. The normalized spacial score (nSPS) is 11.4. The molecule has 2 nitrogen and oxygen atoms in total. The van der Waals surface area contributed by atoms with Crippen LogP contribution in [0.5, 0.6) is 0 Å². The molecule has 0 aliphatic rings. The molecule has 0 atom stereocenters. The van der Waals surface area contributed by atoms with Gasteiger partial charge in [0, 0.05) is 17.8 Å². The zero-order chi connectivity index (χ0) is 14.5. The molecule has 1 amide bonds. The van der Waals surface area contributed by atoms with E-state index >= 15 is 0 Å². The van der Waals surface area contributed by atoms with Gasteiger partial charge in [-0.2, -0.15) is 0 Å². The summed E-state index contributed by atoms with van der Waals surface area (Å²) in [5, 5.41) is 0. The quantitative estimate of drug-likeness (QED) is 0.821. The van der Waals surface area contributed by atoms with Crippen LogP contribution in [0.15, 0.2) is 24.3 Å². The maximum Gasteiger partial charge on any atom is 0.232 e. The van der Waals surface area contributed by atoms with E-state index in [9.17, 15) is 9.18 Å². The molecule has 0 saturated carbocycles. The van der Waals surface area contributed by atoms with Crippen molar-refractivity contribution in [3.05, 3.63) is 35.6 Å². The Morgan fingerprint density at radius 1 is 1.37 bits per heavy atom. The minimum absolute atomic E-state index is 0.0773. The van der Waals surface area contributed by atoms with E-state index < -0.39 is 0 Å². The fraction of sp³-hybridized carbons (Fsp3) is 0.533. The summed E-state index contributed by atoms with van der Waals surface area (Å²) in [6.07, 6.45) is 0. The molecule has 0 heterocycles. The second-order valence-electron chi connectivity index (χ2n) is 5.44. The van der Waals surface area contributed by atoms with Gasteiger partial charge in [-0.1, -0.05) is 32.9 Å². The van der Waals surface area contributed by atoms with Crippen LogP contribution in [0.3, 0.4) is 0 Å². The Balaban J connectivity index is 2.60. The second-order valence-corrected chi connectivity index (χ2v) is 7.24. The third-order valence-corrected chi connectivity index (χ3v) is 3.88. The van der Waals surface area contributed by atoms with Crippen LogP contribution in [-0.4, -0.2) is 27.9 Å². The number of hydrogen-bond donors (Lipinski definition) is 0. The summed E-state index contributed by atoms with van der Waals surface area (Å²) in [6.45, 7) is 9.33. The summed E-state index contributed by atoms with van der Waals surface area (Å²) in [5.74, 6) is 0.309. The molecule has 0 radical (unpaired) electrons. The predicted molar refractivity (Wildman–Crippen MR) is 79.7 cm³/mol. The monoisotopic (exact) mass is 283 g/mol. The van der Waals surface area contributed by atoms with Crippen molar-refractivity contribution < 1.29 is 9.18 Å². The van der Waals surface area contributed by atoms with E-state index in [1.807, 2.05) is 13.0 Å². The number of carbonyl (C=O) groups excluding carboxylic acids is 1. The molecule has 19 heavy (non-hydrogen) atoms. The molecule has 0 spiro atoms. The number of carbonyl (C=O) groups is 1. The maximum absolute atomic E-state index is 13.1. The van der Waals surface area contributed by atoms with E-state index in [-0.39, 0.29) is 16.5 Å². The molecule has 1 aromatic rings. The second kappa shape index (κ2) is 6.94. The molecule has 0 saturated heterocycles. The van der Waals surface area contributed by atoms with E-state index in [2.05, 4.69) is 20.8 Å². The Kier molecular flexibility index (Phi) is 5.85. The summed E-state index contributed by atoms with van der Waals surface area (Å²) in [7, 11) is 0. The fourth-order valence-electron chi connectivity index (χ4n) is 1.60. The topological polar surface area (TPSA) is 20.3 Å². The molecule has 0 unspecified atom stereocenters. The summed E-state index contributed by atoms with van der Waals surface area (Å²) in [6, 6.07) is 6.41. The molecule has 0 aliphatic heterocycles. The van der Waals surface area contributed by atoms with Crippen LogP contribution in [0, 0.1) is 5.82 Å². The van der Waals surface area contributed by atoms with Crippen molar-refractivity contribution in [1.29, 1.82) is 0 Å². The minimum atomic E-state index is -0.259. The van der Waals surface area contributed by atoms with Gasteiger partial charge in [0.15, 0.2) is 0 Å². The molecular formula is C15H22FNOS. The van der Waals surface area contributed by atoms with Crippen molar-refractivity contribution >= 4 is 17.7 Å². The van der Waals surface area contributed by atoms with Gasteiger partial charge in [-0.25, -0.2) is 4.39 Å². The van der Waals surface area contributed by atoms with E-state index in [4.69, 9.17) is 0 Å².